The second-order valence-corrected chi connectivity index (χ2v) is 19.0. The standard InChI is InChI=1S/C14H10F3NO.C14H13NO2.C14H13NO.C13H10ClNO.C13H10N2O3/c15-14(16,17)10-6-7-12(18)11(8-10)13(19)9-4-2-1-3-5-9;1-17-11-7-8-13(15)12(9-11)14(16)10-5-3-2-4-6-10;1-10-7-8-13(15)12(9-10)14(16)11-5-3-2-4-6-11;14-11-8-4-7-10(12(11)15)13(16)9-5-2-1-3-6-9;14-12-7-6-10(15(17)18)8-11(12)13(16)9-4-2-1-3-5-9/h1-8H,18H2;2-9H,15H2,1H3;2-9H,15H2,1H3;1-8H,15H2;1-8H,14H2. The molecule has 0 aliphatic rings. The van der Waals surface area contributed by atoms with Crippen molar-refractivity contribution in [3.63, 3.8) is 0 Å². The van der Waals surface area contributed by atoms with Gasteiger partial charge in [0.05, 0.1) is 33.9 Å². The van der Waals surface area contributed by atoms with Gasteiger partial charge in [-0.05, 0) is 73.7 Å². The number of carbonyl (C=O) groups excluding carboxylic acids is 5. The third kappa shape index (κ3) is 17.4. The van der Waals surface area contributed by atoms with Crippen molar-refractivity contribution in [2.75, 3.05) is 35.8 Å². The third-order valence-electron chi connectivity index (χ3n) is 12.6. The summed E-state index contributed by atoms with van der Waals surface area (Å²) in [6, 6.07) is 66.0. The zero-order chi connectivity index (χ0) is 62.5. The number of nitrogens with zero attached hydrogens (tertiary/aromatic N) is 1. The number of rotatable bonds is 12. The van der Waals surface area contributed by atoms with Crippen molar-refractivity contribution in [2.45, 2.75) is 13.1 Å². The van der Waals surface area contributed by atoms with Gasteiger partial charge in [0.25, 0.3) is 5.69 Å². The highest BCUT2D eigenvalue weighted by Gasteiger charge is 2.32. The fourth-order valence-electron chi connectivity index (χ4n) is 7.97. The second kappa shape index (κ2) is 30.2. The van der Waals surface area contributed by atoms with Crippen LogP contribution in [0.25, 0.3) is 0 Å². The Morgan fingerprint density at radius 3 is 1.14 bits per heavy atom. The SMILES string of the molecule is COc1ccc(N)c(C(=O)c2ccccc2)c1.Cc1ccc(N)c(C(=O)c2ccccc2)c1.Nc1c(Cl)cccc1C(=O)c1ccccc1.Nc1ccc(C(F)(F)F)cc1C(=O)c1ccccc1.Nc1ccc([N+](=O)[O-])cc1C(=O)c1ccccc1. The summed E-state index contributed by atoms with van der Waals surface area (Å²) in [6.45, 7) is 1.95. The molecule has 18 heteroatoms. The van der Waals surface area contributed by atoms with Gasteiger partial charge in [-0.2, -0.15) is 13.2 Å². The minimum atomic E-state index is -4.50. The van der Waals surface area contributed by atoms with Gasteiger partial charge >= 0.3 is 6.18 Å². The summed E-state index contributed by atoms with van der Waals surface area (Å²) in [5.41, 5.74) is 34.4. The van der Waals surface area contributed by atoms with Gasteiger partial charge in [0.2, 0.25) is 0 Å². The number of alkyl halides is 3. The maximum atomic E-state index is 12.6. The van der Waals surface area contributed by atoms with E-state index in [0.717, 1.165) is 23.8 Å². The first-order valence-electron chi connectivity index (χ1n) is 25.9. The Bertz CT molecular complexity index is 3960. The third-order valence-corrected chi connectivity index (χ3v) is 12.9. The summed E-state index contributed by atoms with van der Waals surface area (Å²) in [7, 11) is 1.56. The number of nitrogen functional groups attached to an aromatic ring is 5. The van der Waals surface area contributed by atoms with Gasteiger partial charge in [0, 0.05) is 85.0 Å². The molecule has 10 aromatic rings. The largest absolute Gasteiger partial charge is 0.497 e. The number of para-hydroxylation sites is 1. The lowest BCUT2D eigenvalue weighted by Crippen LogP contribution is -2.10. The minimum Gasteiger partial charge on any atom is -0.497 e. The molecule has 10 rings (SSSR count). The van der Waals surface area contributed by atoms with Crippen LogP contribution in [0.2, 0.25) is 5.02 Å². The number of nitro groups is 1. The molecule has 10 aromatic carbocycles. The van der Waals surface area contributed by atoms with E-state index in [1.54, 1.807) is 135 Å². The molecule has 0 saturated carbocycles. The predicted molar refractivity (Wildman–Crippen MR) is 332 cm³/mol. The summed E-state index contributed by atoms with van der Waals surface area (Å²) in [4.78, 5) is 70.8. The number of non-ortho nitro benzene ring substituents is 1. The number of halogens is 4. The van der Waals surface area contributed by atoms with Crippen molar-refractivity contribution in [1.29, 1.82) is 0 Å². The molecule has 0 bridgehead atoms. The highest BCUT2D eigenvalue weighted by atomic mass is 35.5. The van der Waals surface area contributed by atoms with Crippen molar-refractivity contribution in [3.05, 3.63) is 325 Å². The summed E-state index contributed by atoms with van der Waals surface area (Å²) >= 11 is 5.87. The van der Waals surface area contributed by atoms with Crippen molar-refractivity contribution >= 4 is 74.6 Å². The predicted octanol–water partition coefficient (Wildman–Crippen LogP) is 14.4. The Hall–Kier alpha value is -11.2. The van der Waals surface area contributed by atoms with E-state index in [-0.39, 0.29) is 51.3 Å². The van der Waals surface area contributed by atoms with Gasteiger partial charge in [0.15, 0.2) is 28.9 Å². The average molecular weight is 1180 g/mol. The van der Waals surface area contributed by atoms with Crippen LogP contribution >= 0.6 is 11.6 Å². The average Bonchev–Trinajstić information content (AvgIpc) is 2.21. The Labute approximate surface area is 498 Å². The molecule has 0 aliphatic heterocycles. The maximum Gasteiger partial charge on any atom is 0.416 e. The zero-order valence-electron chi connectivity index (χ0n) is 46.2. The van der Waals surface area contributed by atoms with Crippen LogP contribution in [-0.2, 0) is 6.18 Å². The van der Waals surface area contributed by atoms with Gasteiger partial charge < -0.3 is 33.4 Å². The number of hydrogen-bond acceptors (Lipinski definition) is 13. The normalized spacial score (nSPS) is 10.3. The molecule has 0 radical (unpaired) electrons. The number of carbonyl (C=O) groups is 5. The van der Waals surface area contributed by atoms with E-state index in [1.165, 1.54) is 30.3 Å². The molecule has 14 nitrogen and oxygen atoms in total. The summed E-state index contributed by atoms with van der Waals surface area (Å²) in [5, 5.41) is 11.1. The molecular formula is C68H56ClF3N6O8. The highest BCUT2D eigenvalue weighted by Crippen LogP contribution is 2.32. The van der Waals surface area contributed by atoms with Gasteiger partial charge in [-0.1, -0.05) is 181 Å². The van der Waals surface area contributed by atoms with Crippen LogP contribution in [0.1, 0.15) is 90.7 Å². The number of anilines is 5. The minimum absolute atomic E-state index is 0.0261. The zero-order valence-corrected chi connectivity index (χ0v) is 47.0. The fourth-order valence-corrected chi connectivity index (χ4v) is 8.14. The number of benzene rings is 10. The summed E-state index contributed by atoms with van der Waals surface area (Å²) in [5.74, 6) is -0.455. The topological polar surface area (TPSA) is 268 Å². The Morgan fingerprint density at radius 2 is 0.756 bits per heavy atom. The summed E-state index contributed by atoms with van der Waals surface area (Å²) in [6.07, 6.45) is -4.50. The first-order valence-corrected chi connectivity index (χ1v) is 26.3. The Morgan fingerprint density at radius 1 is 0.419 bits per heavy atom. The first kappa shape index (κ1) is 64.0. The number of ether oxygens (including phenoxy) is 1. The molecule has 0 saturated heterocycles. The highest BCUT2D eigenvalue weighted by molar-refractivity contribution is 6.34. The van der Waals surface area contributed by atoms with E-state index in [4.69, 9.17) is 45.0 Å². The van der Waals surface area contributed by atoms with Crippen molar-refractivity contribution in [2.24, 2.45) is 0 Å². The number of ketones is 5. The molecule has 10 N–H and O–H groups in total. The van der Waals surface area contributed by atoms with E-state index in [0.29, 0.717) is 72.3 Å². The fraction of sp³-hybridized carbons (Fsp3) is 0.0441. The molecule has 0 fully saturated rings. The van der Waals surface area contributed by atoms with Crippen LogP contribution in [0.15, 0.2) is 243 Å². The van der Waals surface area contributed by atoms with Crippen LogP contribution in [0.4, 0.5) is 47.3 Å². The van der Waals surface area contributed by atoms with Crippen LogP contribution in [0, 0.1) is 17.0 Å². The quantitative estimate of drug-likeness (QED) is 0.0330. The van der Waals surface area contributed by atoms with Crippen molar-refractivity contribution in [1.82, 2.24) is 0 Å². The van der Waals surface area contributed by atoms with Crippen LogP contribution in [0.5, 0.6) is 5.75 Å². The Balaban J connectivity index is 0.000000172. The lowest BCUT2D eigenvalue weighted by molar-refractivity contribution is -0.384. The molecule has 86 heavy (non-hydrogen) atoms. The molecule has 0 unspecified atom stereocenters. The monoisotopic (exact) mass is 1180 g/mol. The number of nitro benzene ring substituents is 1. The Kier molecular flexibility index (Phi) is 22.5. The number of aryl methyl sites for hydroxylation is 1. The van der Waals surface area contributed by atoms with E-state index in [9.17, 15) is 47.3 Å². The second-order valence-electron chi connectivity index (χ2n) is 18.5. The lowest BCUT2D eigenvalue weighted by Gasteiger charge is -2.10. The van der Waals surface area contributed by atoms with Crippen LogP contribution < -0.4 is 33.4 Å². The number of hydrogen-bond donors (Lipinski definition) is 5. The van der Waals surface area contributed by atoms with Gasteiger partial charge in [-0.3, -0.25) is 34.1 Å². The first-order chi connectivity index (χ1) is 41.1. The van der Waals surface area contributed by atoms with Crippen molar-refractivity contribution in [3.8, 4) is 5.75 Å². The lowest BCUT2D eigenvalue weighted by atomic mass is 9.99. The van der Waals surface area contributed by atoms with Gasteiger partial charge in [-0.15, -0.1) is 0 Å². The van der Waals surface area contributed by atoms with Gasteiger partial charge in [0.1, 0.15) is 5.75 Å². The van der Waals surface area contributed by atoms with Crippen molar-refractivity contribution < 1.29 is 46.8 Å². The molecule has 0 amide bonds. The number of nitrogens with two attached hydrogens (primary N) is 5. The molecule has 0 aromatic heterocycles. The number of methoxy groups -OCH3 is 1. The molecule has 0 atom stereocenters. The maximum absolute atomic E-state index is 12.6. The molecule has 0 spiro atoms. The van der Waals surface area contributed by atoms with E-state index in [2.05, 4.69) is 0 Å². The van der Waals surface area contributed by atoms with Gasteiger partial charge in [-0.25, -0.2) is 0 Å². The van der Waals surface area contributed by atoms with E-state index in [1.807, 2.05) is 73.7 Å². The molecule has 0 heterocycles. The van der Waals surface area contributed by atoms with Crippen LogP contribution in [-0.4, -0.2) is 40.9 Å². The van der Waals surface area contributed by atoms with E-state index < -0.39 is 22.4 Å². The molecule has 434 valence electrons. The smallest absolute Gasteiger partial charge is 0.416 e. The van der Waals surface area contributed by atoms with E-state index >= 15 is 0 Å². The molecule has 0 aliphatic carbocycles. The molecular weight excluding hydrogens is 1120 g/mol. The van der Waals surface area contributed by atoms with Crippen LogP contribution in [0.3, 0.4) is 0 Å². The summed E-state index contributed by atoms with van der Waals surface area (Å²) < 4.78 is 42.9.